The highest BCUT2D eigenvalue weighted by atomic mass is 16.5. The van der Waals surface area contributed by atoms with Crippen LogP contribution in [0.3, 0.4) is 0 Å². The van der Waals surface area contributed by atoms with Crippen LogP contribution in [0.25, 0.3) is 0 Å². The van der Waals surface area contributed by atoms with Crippen LogP contribution >= 0.6 is 0 Å². The molecule has 4 unspecified atom stereocenters. The maximum atomic E-state index is 10.4. The highest BCUT2D eigenvalue weighted by Crippen LogP contribution is 2.28. The summed E-state index contributed by atoms with van der Waals surface area (Å²) in [6.45, 7) is 4.44. The van der Waals surface area contributed by atoms with Crippen LogP contribution in [0.5, 0.6) is 0 Å². The minimum Gasteiger partial charge on any atom is -0.390 e. The molecule has 0 aromatic carbocycles. The maximum absolute atomic E-state index is 10.4. The first-order valence-corrected chi connectivity index (χ1v) is 11.7. The third kappa shape index (κ3) is 10.9. The standard InChI is InChI=1S/C23H46O3/c1-3-5-7-8-9-10-11-12-13-15-17-21(25)23-19-18-22(26-23)20(24)16-14-6-4-2/h20-25H,3-19H2,1-2H3. The molecule has 4 atom stereocenters. The molecule has 0 aromatic heterocycles. The lowest BCUT2D eigenvalue weighted by molar-refractivity contribution is -0.0785. The molecule has 1 aliphatic heterocycles. The van der Waals surface area contributed by atoms with Gasteiger partial charge in [-0.15, -0.1) is 0 Å². The fraction of sp³-hybridized carbons (Fsp3) is 1.00. The minimum atomic E-state index is -0.351. The average molecular weight is 371 g/mol. The molecule has 3 heteroatoms. The molecule has 0 radical (unpaired) electrons. The molecule has 0 saturated carbocycles. The Balaban J connectivity index is 1.98. The largest absolute Gasteiger partial charge is 0.390 e. The molecule has 3 nitrogen and oxygen atoms in total. The fourth-order valence-corrected chi connectivity index (χ4v) is 4.07. The van der Waals surface area contributed by atoms with E-state index in [1.807, 2.05) is 0 Å². The zero-order valence-corrected chi connectivity index (χ0v) is 17.6. The molecule has 26 heavy (non-hydrogen) atoms. The molecule has 156 valence electrons. The lowest BCUT2D eigenvalue weighted by atomic mass is 10.0. The average Bonchev–Trinajstić information content (AvgIpc) is 3.13. The molecule has 1 rings (SSSR count). The predicted octanol–water partition coefficient (Wildman–Crippen LogP) is 6.15. The molecular formula is C23H46O3. The molecule has 1 fully saturated rings. The van der Waals surface area contributed by atoms with Crippen LogP contribution in [-0.2, 0) is 4.74 Å². The summed E-state index contributed by atoms with van der Waals surface area (Å²) in [6.07, 6.45) is 19.3. The van der Waals surface area contributed by atoms with Crippen LogP contribution in [0.4, 0.5) is 0 Å². The van der Waals surface area contributed by atoms with E-state index in [1.54, 1.807) is 0 Å². The van der Waals surface area contributed by atoms with Crippen molar-refractivity contribution in [3.63, 3.8) is 0 Å². The SMILES string of the molecule is CCCCCCCCCCCCC(O)C1CCC(C(O)CCCCC)O1. The number of hydrogen-bond acceptors (Lipinski definition) is 3. The van der Waals surface area contributed by atoms with E-state index in [2.05, 4.69) is 13.8 Å². The summed E-state index contributed by atoms with van der Waals surface area (Å²) in [4.78, 5) is 0. The van der Waals surface area contributed by atoms with E-state index < -0.39 is 0 Å². The summed E-state index contributed by atoms with van der Waals surface area (Å²) in [5.41, 5.74) is 0. The van der Waals surface area contributed by atoms with E-state index >= 15 is 0 Å². The van der Waals surface area contributed by atoms with Gasteiger partial charge in [0.1, 0.15) is 0 Å². The molecule has 0 spiro atoms. The highest BCUT2D eigenvalue weighted by Gasteiger charge is 2.33. The second-order valence-electron chi connectivity index (χ2n) is 8.39. The molecule has 1 saturated heterocycles. The Hall–Kier alpha value is -0.120. The second-order valence-corrected chi connectivity index (χ2v) is 8.39. The van der Waals surface area contributed by atoms with Crippen LogP contribution in [0.15, 0.2) is 0 Å². The third-order valence-corrected chi connectivity index (χ3v) is 5.90. The molecule has 0 aromatic rings. The lowest BCUT2D eigenvalue weighted by Crippen LogP contribution is -2.31. The van der Waals surface area contributed by atoms with Gasteiger partial charge < -0.3 is 14.9 Å². The fourth-order valence-electron chi connectivity index (χ4n) is 4.07. The van der Waals surface area contributed by atoms with Crippen LogP contribution in [0.2, 0.25) is 0 Å². The third-order valence-electron chi connectivity index (χ3n) is 5.90. The molecule has 1 aliphatic rings. The van der Waals surface area contributed by atoms with Crippen LogP contribution in [0, 0.1) is 0 Å². The van der Waals surface area contributed by atoms with E-state index in [-0.39, 0.29) is 24.4 Å². The van der Waals surface area contributed by atoms with Gasteiger partial charge in [0, 0.05) is 0 Å². The normalized spacial score (nSPS) is 22.6. The Morgan fingerprint density at radius 3 is 1.42 bits per heavy atom. The predicted molar refractivity (Wildman–Crippen MR) is 111 cm³/mol. The van der Waals surface area contributed by atoms with Gasteiger partial charge in [-0.1, -0.05) is 97.3 Å². The summed E-state index contributed by atoms with van der Waals surface area (Å²) in [5.74, 6) is 0. The van der Waals surface area contributed by atoms with Gasteiger partial charge in [-0.3, -0.25) is 0 Å². The summed E-state index contributed by atoms with van der Waals surface area (Å²) in [6, 6.07) is 0. The molecule has 0 bridgehead atoms. The van der Waals surface area contributed by atoms with Gasteiger partial charge in [0.25, 0.3) is 0 Å². The van der Waals surface area contributed by atoms with Crippen LogP contribution < -0.4 is 0 Å². The first-order valence-electron chi connectivity index (χ1n) is 11.7. The summed E-state index contributed by atoms with van der Waals surface area (Å²) in [5, 5.41) is 20.6. The van der Waals surface area contributed by atoms with Crippen molar-refractivity contribution in [1.82, 2.24) is 0 Å². The van der Waals surface area contributed by atoms with E-state index in [9.17, 15) is 10.2 Å². The first kappa shape index (κ1) is 23.9. The van der Waals surface area contributed by atoms with E-state index in [1.165, 1.54) is 70.6 Å². The van der Waals surface area contributed by atoms with Crippen molar-refractivity contribution >= 4 is 0 Å². The van der Waals surface area contributed by atoms with E-state index in [4.69, 9.17) is 4.74 Å². The van der Waals surface area contributed by atoms with Crippen molar-refractivity contribution in [2.24, 2.45) is 0 Å². The molecule has 0 amide bonds. The molecule has 0 aliphatic carbocycles. The van der Waals surface area contributed by atoms with Crippen molar-refractivity contribution in [3.05, 3.63) is 0 Å². The number of hydrogen-bond donors (Lipinski definition) is 2. The quantitative estimate of drug-likeness (QED) is 0.302. The Morgan fingerprint density at radius 1 is 0.615 bits per heavy atom. The van der Waals surface area contributed by atoms with E-state index in [0.29, 0.717) is 0 Å². The Kier molecular flexibility index (Phi) is 14.6. The second kappa shape index (κ2) is 15.9. The van der Waals surface area contributed by atoms with Gasteiger partial charge in [0.15, 0.2) is 0 Å². The summed E-state index contributed by atoms with van der Waals surface area (Å²) >= 11 is 0. The monoisotopic (exact) mass is 370 g/mol. The Morgan fingerprint density at radius 2 is 0.962 bits per heavy atom. The lowest BCUT2D eigenvalue weighted by Gasteiger charge is -2.22. The number of aliphatic hydroxyl groups excluding tert-OH is 2. The van der Waals surface area contributed by atoms with Crippen LogP contribution in [-0.4, -0.2) is 34.6 Å². The summed E-state index contributed by atoms with van der Waals surface area (Å²) < 4.78 is 5.96. The van der Waals surface area contributed by atoms with Gasteiger partial charge >= 0.3 is 0 Å². The van der Waals surface area contributed by atoms with Crippen LogP contribution in [0.1, 0.15) is 123 Å². The number of ether oxygens (including phenoxy) is 1. The zero-order chi connectivity index (χ0) is 19.0. The Labute approximate surface area is 162 Å². The van der Waals surface area contributed by atoms with Gasteiger partial charge in [0.2, 0.25) is 0 Å². The van der Waals surface area contributed by atoms with Crippen molar-refractivity contribution in [2.75, 3.05) is 0 Å². The maximum Gasteiger partial charge on any atom is 0.0840 e. The van der Waals surface area contributed by atoms with Crippen molar-refractivity contribution in [3.8, 4) is 0 Å². The van der Waals surface area contributed by atoms with Crippen molar-refractivity contribution in [1.29, 1.82) is 0 Å². The van der Waals surface area contributed by atoms with Gasteiger partial charge in [-0.25, -0.2) is 0 Å². The van der Waals surface area contributed by atoms with Crippen molar-refractivity contribution < 1.29 is 14.9 Å². The smallest absolute Gasteiger partial charge is 0.0840 e. The van der Waals surface area contributed by atoms with Crippen molar-refractivity contribution in [2.45, 2.75) is 147 Å². The number of aliphatic hydroxyl groups is 2. The number of rotatable bonds is 17. The van der Waals surface area contributed by atoms with E-state index in [0.717, 1.165) is 38.5 Å². The molecule has 1 heterocycles. The van der Waals surface area contributed by atoms with Gasteiger partial charge in [-0.2, -0.15) is 0 Å². The zero-order valence-electron chi connectivity index (χ0n) is 17.6. The Bertz CT molecular complexity index is 308. The topological polar surface area (TPSA) is 49.7 Å². The minimum absolute atomic E-state index is 0.0561. The van der Waals surface area contributed by atoms with Gasteiger partial charge in [0.05, 0.1) is 24.4 Å². The number of unbranched alkanes of at least 4 members (excludes halogenated alkanes) is 11. The summed E-state index contributed by atoms with van der Waals surface area (Å²) in [7, 11) is 0. The highest BCUT2D eigenvalue weighted by molar-refractivity contribution is 4.83. The molecular weight excluding hydrogens is 324 g/mol. The molecule has 2 N–H and O–H groups in total. The van der Waals surface area contributed by atoms with Gasteiger partial charge in [-0.05, 0) is 25.7 Å². The first-order chi connectivity index (χ1) is 12.7.